The smallest absolute Gasteiger partial charge is 0.421 e. The van der Waals surface area contributed by atoms with Crippen LogP contribution in [0.5, 0.6) is 5.75 Å². The topological polar surface area (TPSA) is 111 Å². The summed E-state index contributed by atoms with van der Waals surface area (Å²) in [5.41, 5.74) is 1.15. The van der Waals surface area contributed by atoms with Crippen LogP contribution in [0.4, 0.5) is 4.79 Å². The molecule has 2 rings (SSSR count). The highest BCUT2D eigenvalue weighted by atomic mass is 35.5. The van der Waals surface area contributed by atoms with E-state index in [-0.39, 0.29) is 10.8 Å². The van der Waals surface area contributed by atoms with Gasteiger partial charge in [-0.05, 0) is 63.1 Å². The summed E-state index contributed by atoms with van der Waals surface area (Å²) in [6, 6.07) is 10.8. The van der Waals surface area contributed by atoms with Gasteiger partial charge < -0.3 is 14.8 Å². The first kappa shape index (κ1) is 24.5. The molecule has 8 nitrogen and oxygen atoms in total. The molecule has 0 saturated carbocycles. The Hall–Kier alpha value is -2.78. The number of ether oxygens (including phenoxy) is 2. The van der Waals surface area contributed by atoms with Crippen molar-refractivity contribution >= 4 is 33.6 Å². The van der Waals surface area contributed by atoms with E-state index in [2.05, 4.69) is 5.32 Å². The van der Waals surface area contributed by atoms with Crippen LogP contribution in [-0.2, 0) is 21.2 Å². The number of hydrogen-bond acceptors (Lipinski definition) is 6. The van der Waals surface area contributed by atoms with Crippen molar-refractivity contribution in [1.29, 1.82) is 0 Å². The van der Waals surface area contributed by atoms with Crippen molar-refractivity contribution in [3.05, 3.63) is 58.6 Å². The van der Waals surface area contributed by atoms with E-state index in [1.807, 2.05) is 11.6 Å². The lowest BCUT2D eigenvalue weighted by atomic mass is 10.1. The number of rotatable bonds is 9. The first-order valence-corrected chi connectivity index (χ1v) is 11.5. The van der Waals surface area contributed by atoms with Crippen LogP contribution in [0.15, 0.2) is 47.4 Å². The van der Waals surface area contributed by atoms with Gasteiger partial charge in [-0.25, -0.2) is 17.9 Å². The van der Waals surface area contributed by atoms with Crippen molar-refractivity contribution in [2.24, 2.45) is 0 Å². The molecule has 0 unspecified atom stereocenters. The maximum atomic E-state index is 12.5. The average Bonchev–Trinajstić information content (AvgIpc) is 2.68. The fourth-order valence-corrected chi connectivity index (χ4v) is 3.67. The lowest BCUT2D eigenvalue weighted by Crippen LogP contribution is -2.32. The van der Waals surface area contributed by atoms with E-state index in [0.29, 0.717) is 35.9 Å². The Morgan fingerprint density at radius 1 is 1.10 bits per heavy atom. The molecule has 0 aliphatic heterocycles. The minimum Gasteiger partial charge on any atom is -0.493 e. The van der Waals surface area contributed by atoms with Crippen molar-refractivity contribution in [3.8, 4) is 5.75 Å². The Bertz CT molecular complexity index is 1020. The maximum Gasteiger partial charge on any atom is 0.421 e. The molecule has 0 aliphatic carbocycles. The highest BCUT2D eigenvalue weighted by Crippen LogP contribution is 2.23. The maximum absolute atomic E-state index is 12.5. The van der Waals surface area contributed by atoms with Crippen LogP contribution in [-0.4, -0.2) is 39.7 Å². The first-order chi connectivity index (χ1) is 14.6. The third-order valence-corrected chi connectivity index (χ3v) is 5.54. The number of sulfonamides is 1. The van der Waals surface area contributed by atoms with E-state index in [1.165, 1.54) is 12.1 Å². The van der Waals surface area contributed by atoms with Gasteiger partial charge >= 0.3 is 6.09 Å². The number of nitrogens with one attached hydrogen (secondary N) is 2. The number of hydrogen-bond donors (Lipinski definition) is 2. The standard InChI is InChI=1S/C21H25ClN2O6S/c1-4-29-19-10-7-16(22)13-18(19)20(25)23-12-11-15-5-8-17(9-6-15)31(27,28)24-21(26)30-14(2)3/h5-10,13-14H,4,11-12H2,1-3H3,(H,23,25)(H,24,26). The summed E-state index contributed by atoms with van der Waals surface area (Å²) in [4.78, 5) is 23.9. The predicted octanol–water partition coefficient (Wildman–Crippen LogP) is 3.53. The predicted molar refractivity (Wildman–Crippen MR) is 117 cm³/mol. The molecule has 168 valence electrons. The number of carbonyl (C=O) groups is 2. The van der Waals surface area contributed by atoms with E-state index in [1.54, 1.807) is 44.2 Å². The second-order valence-corrected chi connectivity index (χ2v) is 8.90. The molecule has 2 N–H and O–H groups in total. The minimum atomic E-state index is -4.03. The molecule has 10 heteroatoms. The van der Waals surface area contributed by atoms with Crippen molar-refractivity contribution in [3.63, 3.8) is 0 Å². The molecule has 0 heterocycles. The molecule has 31 heavy (non-hydrogen) atoms. The molecule has 0 atom stereocenters. The minimum absolute atomic E-state index is 0.0683. The lowest BCUT2D eigenvalue weighted by molar-refractivity contribution is 0.0950. The highest BCUT2D eigenvalue weighted by Gasteiger charge is 2.19. The van der Waals surface area contributed by atoms with E-state index in [9.17, 15) is 18.0 Å². The number of benzene rings is 2. The molecular formula is C21H25ClN2O6S. The Kier molecular flexibility index (Phi) is 8.70. The lowest BCUT2D eigenvalue weighted by Gasteiger charge is -2.12. The number of carbonyl (C=O) groups excluding carboxylic acids is 2. The van der Waals surface area contributed by atoms with Crippen LogP contribution >= 0.6 is 11.6 Å². The molecule has 0 bridgehead atoms. The third-order valence-electron chi connectivity index (χ3n) is 3.98. The van der Waals surface area contributed by atoms with Crippen molar-refractivity contribution in [2.45, 2.75) is 38.2 Å². The molecule has 0 aliphatic rings. The molecule has 2 aromatic carbocycles. The zero-order valence-electron chi connectivity index (χ0n) is 17.5. The van der Waals surface area contributed by atoms with Crippen LogP contribution in [0, 0.1) is 0 Å². The second-order valence-electron chi connectivity index (χ2n) is 6.78. The summed E-state index contributed by atoms with van der Waals surface area (Å²) in [6.07, 6.45) is -1.00. The van der Waals surface area contributed by atoms with Gasteiger partial charge in [-0.2, -0.15) is 0 Å². The van der Waals surface area contributed by atoms with Crippen molar-refractivity contribution in [2.75, 3.05) is 13.2 Å². The molecule has 0 aromatic heterocycles. The summed E-state index contributed by atoms with van der Waals surface area (Å²) < 4.78 is 36.5. The van der Waals surface area contributed by atoms with Crippen molar-refractivity contribution in [1.82, 2.24) is 10.0 Å². The molecule has 2 aromatic rings. The summed E-state index contributed by atoms with van der Waals surface area (Å²) >= 11 is 5.98. The van der Waals surface area contributed by atoms with E-state index < -0.39 is 22.2 Å². The van der Waals surface area contributed by atoms with Crippen LogP contribution in [0.1, 0.15) is 36.7 Å². The normalized spacial score (nSPS) is 11.1. The SMILES string of the molecule is CCOc1ccc(Cl)cc1C(=O)NCCc1ccc(S(=O)(=O)NC(=O)OC(C)C)cc1. The van der Waals surface area contributed by atoms with Gasteiger partial charge in [0.2, 0.25) is 0 Å². The van der Waals surface area contributed by atoms with Gasteiger partial charge in [0, 0.05) is 11.6 Å². The molecule has 0 saturated heterocycles. The molecule has 0 radical (unpaired) electrons. The van der Waals surface area contributed by atoms with E-state index in [4.69, 9.17) is 21.1 Å². The van der Waals surface area contributed by atoms with Gasteiger partial charge in [0.15, 0.2) is 0 Å². The Labute approximate surface area is 186 Å². The number of amides is 2. The zero-order valence-corrected chi connectivity index (χ0v) is 19.0. The summed E-state index contributed by atoms with van der Waals surface area (Å²) in [7, 11) is -4.03. The van der Waals surface area contributed by atoms with Crippen LogP contribution < -0.4 is 14.8 Å². The van der Waals surface area contributed by atoms with Crippen LogP contribution in [0.2, 0.25) is 5.02 Å². The summed E-state index contributed by atoms with van der Waals surface area (Å²) in [5.74, 6) is 0.125. The van der Waals surface area contributed by atoms with Gasteiger partial charge in [-0.15, -0.1) is 0 Å². The highest BCUT2D eigenvalue weighted by molar-refractivity contribution is 7.90. The molecular weight excluding hydrogens is 444 g/mol. The van der Waals surface area contributed by atoms with Crippen molar-refractivity contribution < 1.29 is 27.5 Å². The first-order valence-electron chi connectivity index (χ1n) is 9.65. The van der Waals surface area contributed by atoms with Crippen LogP contribution in [0.25, 0.3) is 0 Å². The zero-order chi connectivity index (χ0) is 23.0. The van der Waals surface area contributed by atoms with Gasteiger partial charge in [0.05, 0.1) is 23.2 Å². The fraction of sp³-hybridized carbons (Fsp3) is 0.333. The van der Waals surface area contributed by atoms with Gasteiger partial charge in [0.25, 0.3) is 15.9 Å². The summed E-state index contributed by atoms with van der Waals surface area (Å²) in [6.45, 7) is 5.79. The van der Waals surface area contributed by atoms with Gasteiger partial charge in [-0.3, -0.25) is 4.79 Å². The van der Waals surface area contributed by atoms with E-state index >= 15 is 0 Å². The summed E-state index contributed by atoms with van der Waals surface area (Å²) in [5, 5.41) is 3.22. The van der Waals surface area contributed by atoms with Gasteiger partial charge in [0.1, 0.15) is 5.75 Å². The molecule has 2 amide bonds. The Morgan fingerprint density at radius 3 is 2.39 bits per heavy atom. The molecule has 0 fully saturated rings. The monoisotopic (exact) mass is 468 g/mol. The third kappa shape index (κ3) is 7.45. The van der Waals surface area contributed by atoms with Crippen LogP contribution in [0.3, 0.4) is 0 Å². The number of halogens is 1. The largest absolute Gasteiger partial charge is 0.493 e. The quantitative estimate of drug-likeness (QED) is 0.582. The average molecular weight is 469 g/mol. The Morgan fingerprint density at radius 2 is 1.77 bits per heavy atom. The second kappa shape index (κ2) is 11.0. The Balaban J connectivity index is 1.95. The molecule has 0 spiro atoms. The van der Waals surface area contributed by atoms with Gasteiger partial charge in [-0.1, -0.05) is 23.7 Å². The fourth-order valence-electron chi connectivity index (χ4n) is 2.62. The van der Waals surface area contributed by atoms with E-state index in [0.717, 1.165) is 5.56 Å².